The Morgan fingerprint density at radius 3 is 2.48 bits per heavy atom. The molecule has 1 aliphatic rings. The van der Waals surface area contributed by atoms with Gasteiger partial charge in [0.25, 0.3) is 0 Å². The van der Waals surface area contributed by atoms with E-state index >= 15 is 0 Å². The maximum atomic E-state index is 13.2. The molecule has 1 aliphatic heterocycles. The van der Waals surface area contributed by atoms with Gasteiger partial charge >= 0.3 is 0 Å². The standard InChI is InChI=1S/C21H22ClN5OS/c1-3-13-5-7-14(8-6-13)18-19(20(28)23-16-11-9-15(22)10-12-16)29-21-25-24-17(4-2)27(21)26-18/h5-12,18-19,26H,3-4H2,1-2H3,(H,23,28)/t18-,19+/m1/s1. The quantitative estimate of drug-likeness (QED) is 0.629. The average molecular weight is 428 g/mol. The number of nitrogens with one attached hydrogen (secondary N) is 2. The molecule has 2 atom stereocenters. The fourth-order valence-electron chi connectivity index (χ4n) is 3.29. The monoisotopic (exact) mass is 427 g/mol. The Kier molecular flexibility index (Phi) is 5.78. The first-order chi connectivity index (χ1) is 14.1. The Hall–Kier alpha value is -2.51. The van der Waals surface area contributed by atoms with E-state index < -0.39 is 5.25 Å². The Bertz CT molecular complexity index is 1000. The molecule has 0 unspecified atom stereocenters. The van der Waals surface area contributed by atoms with Crippen LogP contribution in [0.3, 0.4) is 0 Å². The van der Waals surface area contributed by atoms with Gasteiger partial charge in [-0.15, -0.1) is 10.2 Å². The van der Waals surface area contributed by atoms with Crippen LogP contribution in [0, 0.1) is 0 Å². The number of benzene rings is 2. The van der Waals surface area contributed by atoms with Crippen molar-refractivity contribution < 1.29 is 4.79 Å². The van der Waals surface area contributed by atoms with Gasteiger partial charge < -0.3 is 10.7 Å². The van der Waals surface area contributed by atoms with Gasteiger partial charge in [-0.05, 0) is 41.8 Å². The number of fused-ring (bicyclic) bond motifs is 1. The predicted octanol–water partition coefficient (Wildman–Crippen LogP) is 4.45. The number of rotatable bonds is 5. The molecule has 2 aromatic carbocycles. The molecule has 0 saturated carbocycles. The number of anilines is 1. The molecule has 3 aromatic rings. The molecular weight excluding hydrogens is 406 g/mol. The number of hydrogen-bond donors (Lipinski definition) is 2. The molecule has 0 aliphatic carbocycles. The van der Waals surface area contributed by atoms with Gasteiger partial charge in [-0.2, -0.15) is 0 Å². The maximum Gasteiger partial charge on any atom is 0.240 e. The van der Waals surface area contributed by atoms with Crippen molar-refractivity contribution in [3.8, 4) is 0 Å². The van der Waals surface area contributed by atoms with Crippen molar-refractivity contribution in [2.75, 3.05) is 10.7 Å². The minimum atomic E-state index is -0.403. The highest BCUT2D eigenvalue weighted by atomic mass is 35.5. The molecule has 1 amide bonds. The first-order valence-corrected chi connectivity index (χ1v) is 10.9. The minimum Gasteiger partial charge on any atom is -0.325 e. The number of nitrogens with zero attached hydrogens (tertiary/aromatic N) is 3. The number of carbonyl (C=O) groups is 1. The molecule has 150 valence electrons. The number of thioether (sulfide) groups is 1. The van der Waals surface area contributed by atoms with E-state index in [0.29, 0.717) is 15.9 Å². The molecule has 2 N–H and O–H groups in total. The Morgan fingerprint density at radius 1 is 1.10 bits per heavy atom. The molecule has 2 heterocycles. The molecule has 0 radical (unpaired) electrons. The fourth-order valence-corrected chi connectivity index (χ4v) is 4.51. The zero-order chi connectivity index (χ0) is 20.4. The van der Waals surface area contributed by atoms with E-state index in [-0.39, 0.29) is 11.9 Å². The van der Waals surface area contributed by atoms with E-state index in [1.807, 2.05) is 11.6 Å². The summed E-state index contributed by atoms with van der Waals surface area (Å²) >= 11 is 7.38. The molecule has 4 rings (SSSR count). The van der Waals surface area contributed by atoms with E-state index in [0.717, 1.165) is 24.2 Å². The molecule has 0 bridgehead atoms. The number of carbonyl (C=O) groups excluding carboxylic acids is 1. The smallest absolute Gasteiger partial charge is 0.240 e. The molecule has 8 heteroatoms. The predicted molar refractivity (Wildman–Crippen MR) is 117 cm³/mol. The number of amides is 1. The zero-order valence-electron chi connectivity index (χ0n) is 16.2. The first-order valence-electron chi connectivity index (χ1n) is 9.61. The van der Waals surface area contributed by atoms with Crippen LogP contribution in [0.5, 0.6) is 0 Å². The molecule has 0 fully saturated rings. The lowest BCUT2D eigenvalue weighted by Crippen LogP contribution is -2.41. The van der Waals surface area contributed by atoms with Gasteiger partial charge in [-0.1, -0.05) is 61.5 Å². The van der Waals surface area contributed by atoms with Crippen LogP contribution >= 0.6 is 23.4 Å². The number of halogens is 1. The third-order valence-corrected chi connectivity index (χ3v) is 6.40. The van der Waals surface area contributed by atoms with Crippen LogP contribution in [-0.2, 0) is 17.6 Å². The summed E-state index contributed by atoms with van der Waals surface area (Å²) in [5, 5.41) is 12.4. The molecule has 6 nitrogen and oxygen atoms in total. The highest BCUT2D eigenvalue weighted by molar-refractivity contribution is 8.00. The highest BCUT2D eigenvalue weighted by Crippen LogP contribution is 2.37. The van der Waals surface area contributed by atoms with Gasteiger partial charge in [0.05, 0.1) is 6.04 Å². The van der Waals surface area contributed by atoms with Crippen LogP contribution in [0.25, 0.3) is 0 Å². The summed E-state index contributed by atoms with van der Waals surface area (Å²) < 4.78 is 1.90. The van der Waals surface area contributed by atoms with E-state index in [1.54, 1.807) is 24.3 Å². The normalized spacial score (nSPS) is 18.0. The zero-order valence-corrected chi connectivity index (χ0v) is 17.8. The maximum absolute atomic E-state index is 13.2. The summed E-state index contributed by atoms with van der Waals surface area (Å²) in [5.74, 6) is 0.751. The topological polar surface area (TPSA) is 71.8 Å². The lowest BCUT2D eigenvalue weighted by atomic mass is 10.0. The van der Waals surface area contributed by atoms with Gasteiger partial charge in [-0.25, -0.2) is 4.68 Å². The summed E-state index contributed by atoms with van der Waals surface area (Å²) in [7, 11) is 0. The molecule has 1 aromatic heterocycles. The van der Waals surface area contributed by atoms with Crippen molar-refractivity contribution >= 4 is 35.0 Å². The third-order valence-electron chi connectivity index (χ3n) is 4.94. The molecule has 0 spiro atoms. The van der Waals surface area contributed by atoms with Gasteiger partial charge in [0.1, 0.15) is 5.25 Å². The first kappa shape index (κ1) is 19.8. The highest BCUT2D eigenvalue weighted by Gasteiger charge is 2.37. The van der Waals surface area contributed by atoms with Crippen molar-refractivity contribution in [2.24, 2.45) is 0 Å². The second kappa shape index (κ2) is 8.47. The average Bonchev–Trinajstić information content (AvgIpc) is 3.16. The van der Waals surface area contributed by atoms with Gasteiger partial charge in [0.2, 0.25) is 11.1 Å². The molecule has 0 saturated heterocycles. The van der Waals surface area contributed by atoms with Crippen molar-refractivity contribution in [1.82, 2.24) is 14.9 Å². The summed E-state index contributed by atoms with van der Waals surface area (Å²) in [6.07, 6.45) is 1.73. The third kappa shape index (κ3) is 4.11. The van der Waals surface area contributed by atoms with Crippen LogP contribution in [0.4, 0.5) is 5.69 Å². The summed E-state index contributed by atoms with van der Waals surface area (Å²) in [4.78, 5) is 13.2. The summed E-state index contributed by atoms with van der Waals surface area (Å²) in [6.45, 7) is 4.16. The van der Waals surface area contributed by atoms with Crippen LogP contribution in [0.2, 0.25) is 5.02 Å². The lowest BCUT2D eigenvalue weighted by Gasteiger charge is -2.33. The van der Waals surface area contributed by atoms with Gasteiger partial charge in [0, 0.05) is 17.1 Å². The minimum absolute atomic E-state index is 0.0957. The number of hydrogen-bond acceptors (Lipinski definition) is 5. The van der Waals surface area contributed by atoms with E-state index in [9.17, 15) is 4.79 Å². The second-order valence-corrected chi connectivity index (χ2v) is 8.37. The largest absolute Gasteiger partial charge is 0.325 e. The van der Waals surface area contributed by atoms with Crippen molar-refractivity contribution in [3.05, 3.63) is 70.5 Å². The van der Waals surface area contributed by atoms with Crippen molar-refractivity contribution in [2.45, 2.75) is 43.1 Å². The molecule has 29 heavy (non-hydrogen) atoms. The van der Waals surface area contributed by atoms with Crippen LogP contribution in [0.1, 0.15) is 36.8 Å². The molecular formula is C21H22ClN5OS. The number of aromatic nitrogens is 3. The Labute approximate surface area is 179 Å². The van der Waals surface area contributed by atoms with Crippen molar-refractivity contribution in [1.29, 1.82) is 0 Å². The van der Waals surface area contributed by atoms with Crippen LogP contribution in [-0.4, -0.2) is 26.0 Å². The lowest BCUT2D eigenvalue weighted by molar-refractivity contribution is -0.116. The van der Waals surface area contributed by atoms with Crippen LogP contribution in [0.15, 0.2) is 53.7 Å². The second-order valence-electron chi connectivity index (χ2n) is 6.82. The fraction of sp³-hybridized carbons (Fsp3) is 0.286. The summed E-state index contributed by atoms with van der Waals surface area (Å²) in [6, 6.07) is 15.3. The van der Waals surface area contributed by atoms with Gasteiger partial charge in [0.15, 0.2) is 5.82 Å². The number of aryl methyl sites for hydroxylation is 2. The van der Waals surface area contributed by atoms with Crippen molar-refractivity contribution in [3.63, 3.8) is 0 Å². The Balaban J connectivity index is 1.65. The van der Waals surface area contributed by atoms with E-state index in [2.05, 4.69) is 52.1 Å². The Morgan fingerprint density at radius 2 is 1.83 bits per heavy atom. The SMILES string of the molecule is CCc1ccc([C@H]2Nn3c(CC)nnc3S[C@@H]2C(=O)Nc2ccc(Cl)cc2)cc1. The van der Waals surface area contributed by atoms with E-state index in [4.69, 9.17) is 11.6 Å². The van der Waals surface area contributed by atoms with Gasteiger partial charge in [-0.3, -0.25) is 4.79 Å². The summed E-state index contributed by atoms with van der Waals surface area (Å²) in [5.41, 5.74) is 6.49. The van der Waals surface area contributed by atoms with E-state index in [1.165, 1.54) is 17.3 Å². The van der Waals surface area contributed by atoms with Crippen LogP contribution < -0.4 is 10.7 Å².